The van der Waals surface area contributed by atoms with Crippen molar-refractivity contribution in [3.63, 3.8) is 0 Å². The van der Waals surface area contributed by atoms with Crippen LogP contribution in [-0.2, 0) is 6.54 Å². The van der Waals surface area contributed by atoms with E-state index >= 15 is 0 Å². The quantitative estimate of drug-likeness (QED) is 0.915. The van der Waals surface area contributed by atoms with E-state index in [2.05, 4.69) is 0 Å². The second kappa shape index (κ2) is 5.26. The third kappa shape index (κ3) is 2.84. The summed E-state index contributed by atoms with van der Waals surface area (Å²) in [5.41, 5.74) is 1.89. The van der Waals surface area contributed by atoms with Gasteiger partial charge in [-0.2, -0.15) is 0 Å². The summed E-state index contributed by atoms with van der Waals surface area (Å²) in [5.74, 6) is -1.12. The molecule has 19 heavy (non-hydrogen) atoms. The van der Waals surface area contributed by atoms with Crippen LogP contribution < -0.4 is 0 Å². The summed E-state index contributed by atoms with van der Waals surface area (Å²) in [6, 6.07) is 7.93. The Morgan fingerprint density at radius 1 is 1.37 bits per heavy atom. The van der Waals surface area contributed by atoms with Gasteiger partial charge in [-0.1, -0.05) is 26.0 Å². The van der Waals surface area contributed by atoms with Crippen LogP contribution in [0, 0.1) is 5.82 Å². The van der Waals surface area contributed by atoms with Crippen LogP contribution in [0.4, 0.5) is 4.39 Å². The Bertz CT molecular complexity index is 602. The number of carboxylic acid groups (broad SMARTS) is 1. The van der Waals surface area contributed by atoms with Crippen molar-refractivity contribution in [1.29, 1.82) is 0 Å². The molecule has 0 radical (unpaired) electrons. The first-order valence-corrected chi connectivity index (χ1v) is 6.16. The molecule has 0 saturated carbocycles. The number of halogens is 1. The van der Waals surface area contributed by atoms with Crippen molar-refractivity contribution in [2.75, 3.05) is 0 Å². The molecular weight excluding hydrogens is 245 g/mol. The maximum Gasteiger partial charge on any atom is 0.337 e. The van der Waals surface area contributed by atoms with Crippen LogP contribution in [-0.4, -0.2) is 15.6 Å². The maximum atomic E-state index is 13.2. The highest BCUT2D eigenvalue weighted by atomic mass is 19.1. The van der Waals surface area contributed by atoms with Crippen molar-refractivity contribution in [2.45, 2.75) is 26.3 Å². The highest BCUT2D eigenvalue weighted by molar-refractivity contribution is 5.89. The van der Waals surface area contributed by atoms with Crippen LogP contribution in [0.15, 0.2) is 36.5 Å². The van der Waals surface area contributed by atoms with Crippen molar-refractivity contribution >= 4 is 5.97 Å². The van der Waals surface area contributed by atoms with Gasteiger partial charge in [-0.3, -0.25) is 0 Å². The molecule has 0 aliphatic carbocycles. The van der Waals surface area contributed by atoms with Crippen LogP contribution in [0.2, 0.25) is 0 Å². The van der Waals surface area contributed by atoms with E-state index in [0.717, 1.165) is 11.3 Å². The van der Waals surface area contributed by atoms with Gasteiger partial charge >= 0.3 is 5.97 Å². The molecule has 0 spiro atoms. The number of carboxylic acids is 1. The van der Waals surface area contributed by atoms with E-state index in [9.17, 15) is 9.18 Å². The third-order valence-corrected chi connectivity index (χ3v) is 3.03. The summed E-state index contributed by atoms with van der Waals surface area (Å²) in [6.45, 7) is 4.37. The van der Waals surface area contributed by atoms with E-state index in [4.69, 9.17) is 5.11 Å². The van der Waals surface area contributed by atoms with Crippen LogP contribution in [0.25, 0.3) is 0 Å². The lowest BCUT2D eigenvalue weighted by Gasteiger charge is -2.13. The van der Waals surface area contributed by atoms with E-state index in [1.54, 1.807) is 18.3 Å². The molecule has 3 nitrogen and oxygen atoms in total. The number of rotatable bonds is 4. The number of nitrogens with zero attached hydrogens (tertiary/aromatic N) is 1. The molecule has 0 atom stereocenters. The van der Waals surface area contributed by atoms with Gasteiger partial charge in [0.1, 0.15) is 5.82 Å². The first kappa shape index (κ1) is 13.3. The Labute approximate surface area is 111 Å². The van der Waals surface area contributed by atoms with E-state index in [0.29, 0.717) is 12.1 Å². The molecule has 0 fully saturated rings. The molecule has 4 heteroatoms. The Kier molecular flexibility index (Phi) is 3.69. The molecule has 1 aromatic carbocycles. The van der Waals surface area contributed by atoms with Gasteiger partial charge in [0.2, 0.25) is 0 Å². The number of aromatic carboxylic acids is 1. The Hall–Kier alpha value is -2.10. The minimum Gasteiger partial charge on any atom is -0.478 e. The number of hydrogen-bond donors (Lipinski definition) is 1. The second-order valence-corrected chi connectivity index (χ2v) is 4.83. The van der Waals surface area contributed by atoms with Crippen molar-refractivity contribution in [3.8, 4) is 0 Å². The lowest BCUT2D eigenvalue weighted by Crippen LogP contribution is -2.09. The van der Waals surface area contributed by atoms with Gasteiger partial charge in [0.15, 0.2) is 0 Å². The van der Waals surface area contributed by atoms with Gasteiger partial charge in [0.25, 0.3) is 0 Å². The van der Waals surface area contributed by atoms with Crippen LogP contribution in [0.3, 0.4) is 0 Å². The highest BCUT2D eigenvalue weighted by Crippen LogP contribution is 2.22. The SMILES string of the molecule is CC(C)c1c(C(=O)O)ccn1Cc1cccc(F)c1. The minimum absolute atomic E-state index is 0.0923. The van der Waals surface area contributed by atoms with Crippen molar-refractivity contribution in [1.82, 2.24) is 4.57 Å². The largest absolute Gasteiger partial charge is 0.478 e. The number of hydrogen-bond acceptors (Lipinski definition) is 1. The first-order chi connectivity index (χ1) is 8.99. The van der Waals surface area contributed by atoms with Gasteiger partial charge in [-0.15, -0.1) is 0 Å². The average Bonchev–Trinajstić information content (AvgIpc) is 2.73. The molecule has 1 heterocycles. The van der Waals surface area contributed by atoms with E-state index < -0.39 is 5.97 Å². The van der Waals surface area contributed by atoms with Crippen molar-refractivity contribution in [2.24, 2.45) is 0 Å². The van der Waals surface area contributed by atoms with Crippen molar-refractivity contribution in [3.05, 3.63) is 59.2 Å². The monoisotopic (exact) mass is 261 g/mol. The van der Waals surface area contributed by atoms with Gasteiger partial charge in [-0.05, 0) is 29.7 Å². The Balaban J connectivity index is 2.38. The molecular formula is C15H16FNO2. The molecule has 0 saturated heterocycles. The molecule has 0 unspecified atom stereocenters. The zero-order valence-electron chi connectivity index (χ0n) is 10.9. The molecule has 0 amide bonds. The van der Waals surface area contributed by atoms with Crippen LogP contribution >= 0.6 is 0 Å². The zero-order valence-corrected chi connectivity index (χ0v) is 10.9. The number of benzene rings is 1. The van der Waals surface area contributed by atoms with Gasteiger partial charge in [0, 0.05) is 18.4 Å². The topological polar surface area (TPSA) is 42.2 Å². The molecule has 2 aromatic rings. The summed E-state index contributed by atoms with van der Waals surface area (Å²) >= 11 is 0. The molecule has 1 N–H and O–H groups in total. The Morgan fingerprint density at radius 3 is 2.68 bits per heavy atom. The lowest BCUT2D eigenvalue weighted by molar-refractivity contribution is 0.0695. The number of aromatic nitrogens is 1. The first-order valence-electron chi connectivity index (χ1n) is 6.16. The molecule has 1 aromatic heterocycles. The lowest BCUT2D eigenvalue weighted by atomic mass is 10.1. The minimum atomic E-state index is -0.929. The molecule has 100 valence electrons. The molecule has 0 bridgehead atoms. The fourth-order valence-corrected chi connectivity index (χ4v) is 2.28. The van der Waals surface area contributed by atoms with Crippen molar-refractivity contribution < 1.29 is 14.3 Å². The maximum absolute atomic E-state index is 13.2. The standard InChI is InChI=1S/C15H16FNO2/c1-10(2)14-13(15(18)19)6-7-17(14)9-11-4-3-5-12(16)8-11/h3-8,10H,9H2,1-2H3,(H,18,19). The van der Waals surface area contributed by atoms with Gasteiger partial charge in [-0.25, -0.2) is 9.18 Å². The zero-order chi connectivity index (χ0) is 14.0. The summed E-state index contributed by atoms with van der Waals surface area (Å²) < 4.78 is 15.0. The second-order valence-electron chi connectivity index (χ2n) is 4.83. The fourth-order valence-electron chi connectivity index (χ4n) is 2.28. The van der Waals surface area contributed by atoms with Gasteiger partial charge in [0.05, 0.1) is 5.56 Å². The predicted molar refractivity (Wildman–Crippen MR) is 71.0 cm³/mol. The molecule has 2 rings (SSSR count). The summed E-state index contributed by atoms with van der Waals surface area (Å²) in [4.78, 5) is 11.2. The summed E-state index contributed by atoms with van der Waals surface area (Å²) in [6.07, 6.45) is 1.74. The van der Waals surface area contributed by atoms with E-state index in [1.807, 2.05) is 24.5 Å². The van der Waals surface area contributed by atoms with Crippen LogP contribution in [0.5, 0.6) is 0 Å². The normalized spacial score (nSPS) is 10.9. The van der Waals surface area contributed by atoms with Gasteiger partial charge < -0.3 is 9.67 Å². The molecule has 0 aliphatic heterocycles. The Morgan fingerprint density at radius 2 is 2.11 bits per heavy atom. The van der Waals surface area contributed by atoms with E-state index in [-0.39, 0.29) is 11.7 Å². The predicted octanol–water partition coefficient (Wildman–Crippen LogP) is 3.50. The summed E-state index contributed by atoms with van der Waals surface area (Å²) in [5, 5.41) is 9.16. The molecule has 0 aliphatic rings. The average molecular weight is 261 g/mol. The van der Waals surface area contributed by atoms with E-state index in [1.165, 1.54) is 12.1 Å². The summed E-state index contributed by atoms with van der Waals surface area (Å²) in [7, 11) is 0. The highest BCUT2D eigenvalue weighted by Gasteiger charge is 2.17. The number of carbonyl (C=O) groups is 1. The third-order valence-electron chi connectivity index (χ3n) is 3.03. The van der Waals surface area contributed by atoms with Crippen LogP contribution in [0.1, 0.15) is 41.4 Å². The smallest absolute Gasteiger partial charge is 0.337 e. The fraction of sp³-hybridized carbons (Fsp3) is 0.267.